The van der Waals surface area contributed by atoms with Crippen LogP contribution in [-0.4, -0.2) is 51.8 Å². The number of hydrogen-bond donors (Lipinski definition) is 3. The Labute approximate surface area is 191 Å². The summed E-state index contributed by atoms with van der Waals surface area (Å²) in [5.74, 6) is 2.01. The predicted octanol–water partition coefficient (Wildman–Crippen LogP) is 2.61. The van der Waals surface area contributed by atoms with Crippen LogP contribution in [0, 0.1) is 12.8 Å². The van der Waals surface area contributed by atoms with Gasteiger partial charge in [0.1, 0.15) is 5.75 Å². The van der Waals surface area contributed by atoms with Crippen molar-refractivity contribution < 1.29 is 14.3 Å². The second kappa shape index (κ2) is 14.4. The van der Waals surface area contributed by atoms with Gasteiger partial charge in [-0.1, -0.05) is 12.1 Å². The van der Waals surface area contributed by atoms with Crippen molar-refractivity contribution in [3.63, 3.8) is 0 Å². The lowest BCUT2D eigenvalue weighted by atomic mass is 10.1. The Hall–Kier alpha value is -1.55. The van der Waals surface area contributed by atoms with Crippen LogP contribution in [0.2, 0.25) is 0 Å². The first-order chi connectivity index (χ1) is 13.6. The summed E-state index contributed by atoms with van der Waals surface area (Å²) in [6.07, 6.45) is 2.90. The molecule has 1 aromatic rings. The Morgan fingerprint density at radius 3 is 2.62 bits per heavy atom. The van der Waals surface area contributed by atoms with Crippen molar-refractivity contribution in [2.24, 2.45) is 10.9 Å². The number of halogens is 1. The van der Waals surface area contributed by atoms with Gasteiger partial charge in [0, 0.05) is 51.3 Å². The average molecular weight is 518 g/mol. The maximum absolute atomic E-state index is 11.7. The molecule has 1 aliphatic carbocycles. The minimum absolute atomic E-state index is 0. The number of nitrogens with zero attached hydrogens (tertiary/aromatic N) is 1. The van der Waals surface area contributed by atoms with Gasteiger partial charge in [0.05, 0.1) is 13.2 Å². The van der Waals surface area contributed by atoms with E-state index in [-0.39, 0.29) is 35.8 Å². The predicted molar refractivity (Wildman–Crippen MR) is 127 cm³/mol. The Morgan fingerprint density at radius 1 is 1.17 bits per heavy atom. The number of ether oxygens (including phenoxy) is 2. The topological polar surface area (TPSA) is 84.0 Å². The van der Waals surface area contributed by atoms with Gasteiger partial charge in [0.25, 0.3) is 0 Å². The van der Waals surface area contributed by atoms with E-state index in [4.69, 9.17) is 9.47 Å². The molecule has 1 aliphatic rings. The molecule has 29 heavy (non-hydrogen) atoms. The lowest BCUT2D eigenvalue weighted by Crippen LogP contribution is -2.41. The van der Waals surface area contributed by atoms with Crippen molar-refractivity contribution in [2.75, 3.05) is 40.0 Å². The molecule has 0 unspecified atom stereocenters. The van der Waals surface area contributed by atoms with Crippen molar-refractivity contribution in [3.8, 4) is 5.75 Å². The molecule has 1 fully saturated rings. The van der Waals surface area contributed by atoms with E-state index in [1.165, 1.54) is 0 Å². The second-order valence-electron chi connectivity index (χ2n) is 6.99. The maximum Gasteiger partial charge on any atom is 0.223 e. The zero-order valence-electron chi connectivity index (χ0n) is 17.8. The van der Waals surface area contributed by atoms with Crippen molar-refractivity contribution in [2.45, 2.75) is 39.7 Å². The highest BCUT2D eigenvalue weighted by molar-refractivity contribution is 14.0. The van der Waals surface area contributed by atoms with Crippen LogP contribution in [0.25, 0.3) is 0 Å². The average Bonchev–Trinajstić information content (AvgIpc) is 3.53. The number of carbonyl (C=O) groups excluding carboxylic acids is 1. The van der Waals surface area contributed by atoms with Crippen LogP contribution in [0.15, 0.2) is 23.2 Å². The van der Waals surface area contributed by atoms with Crippen LogP contribution in [-0.2, 0) is 16.1 Å². The lowest BCUT2D eigenvalue weighted by molar-refractivity contribution is -0.122. The molecule has 0 spiro atoms. The third-order valence-electron chi connectivity index (χ3n) is 4.39. The molecule has 0 aliphatic heterocycles. The van der Waals surface area contributed by atoms with Crippen molar-refractivity contribution >= 4 is 35.8 Å². The number of benzene rings is 1. The summed E-state index contributed by atoms with van der Waals surface area (Å²) >= 11 is 0. The molecule has 0 saturated heterocycles. The fourth-order valence-corrected chi connectivity index (χ4v) is 2.67. The molecule has 1 aromatic carbocycles. The minimum atomic E-state index is 0. The molecule has 164 valence electrons. The normalized spacial score (nSPS) is 13.4. The van der Waals surface area contributed by atoms with E-state index < -0.39 is 0 Å². The summed E-state index contributed by atoms with van der Waals surface area (Å²) in [4.78, 5) is 16.3. The number of nitrogens with one attached hydrogen (secondary N) is 3. The SMILES string of the molecule is CCNC(=NCc1ccc(C)cc1OCCCOC)NCCNC(=O)C1CC1.I. The van der Waals surface area contributed by atoms with E-state index >= 15 is 0 Å². The van der Waals surface area contributed by atoms with Gasteiger partial charge < -0.3 is 25.4 Å². The van der Waals surface area contributed by atoms with Gasteiger partial charge in [0.2, 0.25) is 5.91 Å². The van der Waals surface area contributed by atoms with Gasteiger partial charge in [-0.2, -0.15) is 0 Å². The van der Waals surface area contributed by atoms with Gasteiger partial charge in [-0.3, -0.25) is 4.79 Å². The van der Waals surface area contributed by atoms with Crippen LogP contribution >= 0.6 is 24.0 Å². The Morgan fingerprint density at radius 2 is 1.93 bits per heavy atom. The number of guanidine groups is 1. The van der Waals surface area contributed by atoms with Crippen molar-refractivity contribution in [1.29, 1.82) is 0 Å². The summed E-state index contributed by atoms with van der Waals surface area (Å²) in [6.45, 7) is 7.91. The van der Waals surface area contributed by atoms with Crippen molar-refractivity contribution in [3.05, 3.63) is 29.3 Å². The van der Waals surface area contributed by atoms with Gasteiger partial charge in [-0.05, 0) is 38.3 Å². The third-order valence-corrected chi connectivity index (χ3v) is 4.39. The zero-order chi connectivity index (χ0) is 20.2. The third kappa shape index (κ3) is 10.2. The molecule has 1 saturated carbocycles. The van der Waals surface area contributed by atoms with Gasteiger partial charge >= 0.3 is 0 Å². The first kappa shape index (κ1) is 25.5. The fraction of sp³-hybridized carbons (Fsp3) is 0.619. The second-order valence-corrected chi connectivity index (χ2v) is 6.99. The smallest absolute Gasteiger partial charge is 0.223 e. The van der Waals surface area contributed by atoms with E-state index in [9.17, 15) is 4.79 Å². The number of aryl methyl sites for hydroxylation is 1. The molecule has 0 atom stereocenters. The van der Waals surface area contributed by atoms with E-state index in [2.05, 4.69) is 40.0 Å². The summed E-state index contributed by atoms with van der Waals surface area (Å²) in [5, 5.41) is 9.45. The number of hydrogen-bond acceptors (Lipinski definition) is 4. The monoisotopic (exact) mass is 518 g/mol. The number of amides is 1. The van der Waals surface area contributed by atoms with E-state index in [1.807, 2.05) is 13.0 Å². The summed E-state index contributed by atoms with van der Waals surface area (Å²) < 4.78 is 11.0. The fourth-order valence-electron chi connectivity index (χ4n) is 2.67. The lowest BCUT2D eigenvalue weighted by Gasteiger charge is -2.14. The first-order valence-electron chi connectivity index (χ1n) is 10.1. The van der Waals surface area contributed by atoms with Crippen LogP contribution < -0.4 is 20.7 Å². The Bertz CT molecular complexity index is 651. The zero-order valence-corrected chi connectivity index (χ0v) is 20.1. The molecule has 8 heteroatoms. The number of carbonyl (C=O) groups is 1. The minimum Gasteiger partial charge on any atom is -0.493 e. The molecular weight excluding hydrogens is 483 g/mol. The molecule has 2 rings (SSSR count). The molecular formula is C21H35IN4O3. The van der Waals surface area contributed by atoms with E-state index in [1.54, 1.807) is 7.11 Å². The highest BCUT2D eigenvalue weighted by Crippen LogP contribution is 2.28. The van der Waals surface area contributed by atoms with Crippen molar-refractivity contribution in [1.82, 2.24) is 16.0 Å². The van der Waals surface area contributed by atoms with E-state index in [0.717, 1.165) is 48.6 Å². The van der Waals surface area contributed by atoms with Crippen LogP contribution in [0.3, 0.4) is 0 Å². The Kier molecular flexibility index (Phi) is 12.7. The molecule has 0 aromatic heterocycles. The molecule has 1 amide bonds. The number of rotatable bonds is 12. The summed E-state index contributed by atoms with van der Waals surface area (Å²) in [6, 6.07) is 6.18. The standard InChI is InChI=1S/C21H34N4O3.HI/c1-4-22-21(24-11-10-23-20(26)17-8-9-17)25-15-18-7-6-16(2)14-19(18)28-13-5-12-27-3;/h6-7,14,17H,4-5,8-13,15H2,1-3H3,(H,23,26)(H2,22,24,25);1H. The first-order valence-corrected chi connectivity index (χ1v) is 10.1. The molecule has 0 bridgehead atoms. The van der Waals surface area contributed by atoms with Crippen LogP contribution in [0.1, 0.15) is 37.3 Å². The van der Waals surface area contributed by atoms with Crippen LogP contribution in [0.5, 0.6) is 5.75 Å². The van der Waals surface area contributed by atoms with E-state index in [0.29, 0.717) is 32.8 Å². The Balaban J connectivity index is 0.00000420. The molecule has 0 radical (unpaired) electrons. The summed E-state index contributed by atoms with van der Waals surface area (Å²) in [7, 11) is 1.69. The summed E-state index contributed by atoms with van der Waals surface area (Å²) in [5.41, 5.74) is 2.20. The molecule has 3 N–H and O–H groups in total. The largest absolute Gasteiger partial charge is 0.493 e. The number of aliphatic imine (C=N–C) groups is 1. The highest BCUT2D eigenvalue weighted by atomic mass is 127. The molecule has 0 heterocycles. The molecule has 7 nitrogen and oxygen atoms in total. The highest BCUT2D eigenvalue weighted by Gasteiger charge is 2.28. The quantitative estimate of drug-likeness (QED) is 0.172. The maximum atomic E-state index is 11.7. The van der Waals surface area contributed by atoms with Gasteiger partial charge in [-0.15, -0.1) is 24.0 Å². The van der Waals surface area contributed by atoms with Gasteiger partial charge in [-0.25, -0.2) is 4.99 Å². The van der Waals surface area contributed by atoms with Crippen LogP contribution in [0.4, 0.5) is 0 Å². The van der Waals surface area contributed by atoms with Gasteiger partial charge in [0.15, 0.2) is 5.96 Å². The number of methoxy groups -OCH3 is 1.